The molecule has 0 saturated heterocycles. The first-order valence-corrected chi connectivity index (χ1v) is 6.40. The highest BCUT2D eigenvalue weighted by Crippen LogP contribution is 2.26. The fourth-order valence-corrected chi connectivity index (χ4v) is 2.05. The summed E-state index contributed by atoms with van der Waals surface area (Å²) in [6, 6.07) is 4.39. The predicted octanol–water partition coefficient (Wildman–Crippen LogP) is 3.50. The van der Waals surface area contributed by atoms with Crippen LogP contribution < -0.4 is 5.73 Å². The molecule has 94 valence electrons. The lowest BCUT2D eigenvalue weighted by Gasteiger charge is -2.18. The summed E-state index contributed by atoms with van der Waals surface area (Å²) in [6.45, 7) is 8.68. The Balaban J connectivity index is 3.09. The summed E-state index contributed by atoms with van der Waals surface area (Å²) in [5.74, 6) is 0.653. The van der Waals surface area contributed by atoms with Gasteiger partial charge in [-0.3, -0.25) is 0 Å². The number of aromatic nitrogens is 1. The second-order valence-corrected chi connectivity index (χ2v) is 5.10. The Labute approximate surface area is 104 Å². The van der Waals surface area contributed by atoms with Crippen molar-refractivity contribution in [3.63, 3.8) is 0 Å². The van der Waals surface area contributed by atoms with E-state index in [1.54, 1.807) is 0 Å². The molecule has 0 aliphatic rings. The molecule has 1 heterocycles. The molecule has 0 spiro atoms. The zero-order valence-electron chi connectivity index (χ0n) is 11.3. The molecule has 0 fully saturated rings. The largest absolute Gasteiger partial charge is 0.397 e. The van der Waals surface area contributed by atoms with Gasteiger partial charge >= 0.3 is 0 Å². The first kappa shape index (κ1) is 13.6. The quantitative estimate of drug-likeness (QED) is 0.846. The molecule has 0 aliphatic heterocycles. The van der Waals surface area contributed by atoms with Crippen molar-refractivity contribution in [2.24, 2.45) is 5.92 Å². The number of rotatable bonds is 5. The molecule has 3 nitrogen and oxygen atoms in total. The van der Waals surface area contributed by atoms with E-state index in [0.29, 0.717) is 17.7 Å². The monoisotopic (exact) mass is 233 g/mol. The molecule has 3 heteroatoms. The topological polar surface area (TPSA) is 54.7 Å². The average Bonchev–Trinajstić information content (AvgIpc) is 2.61. The summed E-state index contributed by atoms with van der Waals surface area (Å²) in [6.07, 6.45) is 3.07. The van der Waals surface area contributed by atoms with E-state index in [1.807, 2.05) is 6.07 Å². The molecule has 0 radical (unpaired) electrons. The van der Waals surface area contributed by atoms with Gasteiger partial charge in [-0.15, -0.1) is 0 Å². The van der Waals surface area contributed by atoms with Gasteiger partial charge in [-0.05, 0) is 38.2 Å². The zero-order valence-corrected chi connectivity index (χ0v) is 11.3. The Kier molecular flexibility index (Phi) is 4.62. The molecule has 1 aromatic rings. The van der Waals surface area contributed by atoms with Crippen LogP contribution in [-0.2, 0) is 6.42 Å². The minimum Gasteiger partial charge on any atom is -0.397 e. The van der Waals surface area contributed by atoms with E-state index in [9.17, 15) is 0 Å². The zero-order chi connectivity index (χ0) is 13.0. The van der Waals surface area contributed by atoms with Gasteiger partial charge in [0.25, 0.3) is 0 Å². The first-order chi connectivity index (χ1) is 8.01. The van der Waals surface area contributed by atoms with E-state index >= 15 is 0 Å². The fraction of sp³-hybridized carbons (Fsp3) is 0.643. The van der Waals surface area contributed by atoms with Crippen LogP contribution in [0.2, 0.25) is 0 Å². The number of hydrogen-bond donors (Lipinski definition) is 1. The van der Waals surface area contributed by atoms with Gasteiger partial charge in [0.2, 0.25) is 0 Å². The molecule has 17 heavy (non-hydrogen) atoms. The molecule has 2 N–H and O–H groups in total. The standard InChI is InChI=1S/C14H23N3/c1-5-11(4)17-12(9-15)8-13(16)14(17)7-6-10(2)3/h8,10-11H,5-7,16H2,1-4H3/t11-/m1/s1. The maximum atomic E-state index is 9.15. The van der Waals surface area contributed by atoms with Crippen molar-refractivity contribution in [2.75, 3.05) is 5.73 Å². The Morgan fingerprint density at radius 1 is 1.41 bits per heavy atom. The van der Waals surface area contributed by atoms with Crippen LogP contribution in [0.15, 0.2) is 6.07 Å². The number of hydrogen-bond acceptors (Lipinski definition) is 2. The molecule has 0 aliphatic carbocycles. The molecule has 1 rings (SSSR count). The third-order valence-corrected chi connectivity index (χ3v) is 3.28. The molecule has 0 bridgehead atoms. The third-order valence-electron chi connectivity index (χ3n) is 3.28. The van der Waals surface area contributed by atoms with Crippen molar-refractivity contribution in [3.05, 3.63) is 17.5 Å². The number of nitrogens with zero attached hydrogens (tertiary/aromatic N) is 2. The predicted molar refractivity (Wildman–Crippen MR) is 71.7 cm³/mol. The summed E-state index contributed by atoms with van der Waals surface area (Å²) >= 11 is 0. The van der Waals surface area contributed by atoms with Gasteiger partial charge in [0.1, 0.15) is 11.8 Å². The SMILES string of the molecule is CC[C@@H](C)n1c(C#N)cc(N)c1CCC(C)C. The van der Waals surface area contributed by atoms with E-state index in [-0.39, 0.29) is 0 Å². The van der Waals surface area contributed by atoms with E-state index < -0.39 is 0 Å². The van der Waals surface area contributed by atoms with Crippen molar-refractivity contribution < 1.29 is 0 Å². The van der Waals surface area contributed by atoms with Crippen LogP contribution in [0.4, 0.5) is 5.69 Å². The lowest BCUT2D eigenvalue weighted by Crippen LogP contribution is -2.11. The molecule has 1 atom stereocenters. The molecule has 0 aromatic carbocycles. The average molecular weight is 233 g/mol. The van der Waals surface area contributed by atoms with E-state index in [4.69, 9.17) is 11.0 Å². The van der Waals surface area contributed by atoms with Gasteiger partial charge in [-0.2, -0.15) is 5.26 Å². The van der Waals surface area contributed by atoms with Crippen molar-refractivity contribution in [3.8, 4) is 6.07 Å². The molecule has 0 amide bonds. The molecular weight excluding hydrogens is 210 g/mol. The fourth-order valence-electron chi connectivity index (χ4n) is 2.05. The van der Waals surface area contributed by atoms with Crippen molar-refractivity contribution in [1.82, 2.24) is 4.57 Å². The summed E-state index contributed by atoms with van der Waals surface area (Å²) in [5.41, 5.74) is 8.61. The normalized spacial score (nSPS) is 12.7. The maximum Gasteiger partial charge on any atom is 0.122 e. The van der Waals surface area contributed by atoms with Crippen LogP contribution in [0.5, 0.6) is 0 Å². The minimum absolute atomic E-state index is 0.337. The van der Waals surface area contributed by atoms with Crippen LogP contribution in [0, 0.1) is 17.2 Å². The summed E-state index contributed by atoms with van der Waals surface area (Å²) in [4.78, 5) is 0. The van der Waals surface area contributed by atoms with Crippen molar-refractivity contribution >= 4 is 5.69 Å². The van der Waals surface area contributed by atoms with E-state index in [0.717, 1.165) is 30.6 Å². The number of nitriles is 1. The lowest BCUT2D eigenvalue weighted by atomic mass is 10.1. The highest BCUT2D eigenvalue weighted by Gasteiger charge is 2.16. The van der Waals surface area contributed by atoms with Crippen LogP contribution >= 0.6 is 0 Å². The maximum absolute atomic E-state index is 9.15. The molecular formula is C14H23N3. The number of nitrogen functional groups attached to an aromatic ring is 1. The highest BCUT2D eigenvalue weighted by atomic mass is 15.0. The molecule has 0 saturated carbocycles. The third kappa shape index (κ3) is 3.03. The van der Waals surface area contributed by atoms with Crippen LogP contribution in [0.3, 0.4) is 0 Å². The first-order valence-electron chi connectivity index (χ1n) is 6.40. The van der Waals surface area contributed by atoms with Gasteiger partial charge in [-0.25, -0.2) is 0 Å². The lowest BCUT2D eigenvalue weighted by molar-refractivity contribution is 0.493. The van der Waals surface area contributed by atoms with Gasteiger partial charge in [0, 0.05) is 11.7 Å². The molecule has 0 unspecified atom stereocenters. The van der Waals surface area contributed by atoms with Gasteiger partial charge in [0.05, 0.1) is 5.69 Å². The molecule has 1 aromatic heterocycles. The summed E-state index contributed by atoms with van der Waals surface area (Å²) in [5, 5.41) is 9.15. The van der Waals surface area contributed by atoms with Gasteiger partial charge < -0.3 is 10.3 Å². The number of nitrogens with two attached hydrogens (primary N) is 1. The van der Waals surface area contributed by atoms with Gasteiger partial charge in [-0.1, -0.05) is 20.8 Å². The van der Waals surface area contributed by atoms with Gasteiger partial charge in [0.15, 0.2) is 0 Å². The Morgan fingerprint density at radius 2 is 2.06 bits per heavy atom. The number of anilines is 1. The Hall–Kier alpha value is -1.43. The van der Waals surface area contributed by atoms with E-state index in [1.165, 1.54) is 0 Å². The minimum atomic E-state index is 0.337. The second kappa shape index (κ2) is 5.77. The Morgan fingerprint density at radius 3 is 2.53 bits per heavy atom. The van der Waals surface area contributed by atoms with Crippen molar-refractivity contribution in [2.45, 2.75) is 53.0 Å². The smallest absolute Gasteiger partial charge is 0.122 e. The van der Waals surface area contributed by atoms with Crippen LogP contribution in [0.25, 0.3) is 0 Å². The van der Waals surface area contributed by atoms with E-state index in [2.05, 4.69) is 38.3 Å². The highest BCUT2D eigenvalue weighted by molar-refractivity contribution is 5.51. The summed E-state index contributed by atoms with van der Waals surface area (Å²) < 4.78 is 2.11. The van der Waals surface area contributed by atoms with Crippen LogP contribution in [-0.4, -0.2) is 4.57 Å². The Bertz CT molecular complexity index is 410. The van der Waals surface area contributed by atoms with Crippen LogP contribution in [0.1, 0.15) is 58.0 Å². The summed E-state index contributed by atoms with van der Waals surface area (Å²) in [7, 11) is 0. The second-order valence-electron chi connectivity index (χ2n) is 5.10. The van der Waals surface area contributed by atoms with Crippen molar-refractivity contribution in [1.29, 1.82) is 5.26 Å².